The van der Waals surface area contributed by atoms with Crippen molar-refractivity contribution in [2.45, 2.75) is 13.0 Å². The lowest BCUT2D eigenvalue weighted by Crippen LogP contribution is -2.39. The second kappa shape index (κ2) is 5.07. The minimum atomic E-state index is -0.872. The Bertz CT molecular complexity index is 555. The summed E-state index contributed by atoms with van der Waals surface area (Å²) in [4.78, 5) is 27.6. The molecule has 1 amide bonds. The topological polar surface area (TPSA) is 79.3 Å². The Kier molecular flexibility index (Phi) is 3.26. The number of fused-ring (bicyclic) bond motifs is 2. The summed E-state index contributed by atoms with van der Waals surface area (Å²) in [5.74, 6) is -2.00. The van der Waals surface area contributed by atoms with Gasteiger partial charge in [0.2, 0.25) is 5.91 Å². The van der Waals surface area contributed by atoms with Crippen LogP contribution in [0.2, 0.25) is 0 Å². The third-order valence-electron chi connectivity index (χ3n) is 4.24. The summed E-state index contributed by atoms with van der Waals surface area (Å²) >= 11 is 0. The zero-order valence-electron chi connectivity index (χ0n) is 10.9. The van der Waals surface area contributed by atoms with Crippen molar-refractivity contribution < 1.29 is 14.7 Å². The number of pyridine rings is 1. The second-order valence-corrected chi connectivity index (χ2v) is 5.42. The predicted molar refractivity (Wildman–Crippen MR) is 71.4 cm³/mol. The van der Waals surface area contributed by atoms with Crippen molar-refractivity contribution in [3.05, 3.63) is 42.2 Å². The SMILES string of the molecule is O=C(O)[C@@H]1C2C=CC(C2)[C@@H]1C(=O)NCc1cccnc1. The number of carboxylic acids is 1. The Balaban J connectivity index is 1.68. The normalized spacial score (nSPS) is 30.4. The first kappa shape index (κ1) is 12.8. The molecule has 0 spiro atoms. The number of hydrogen-bond acceptors (Lipinski definition) is 3. The van der Waals surface area contributed by atoms with Crippen LogP contribution in [-0.2, 0) is 16.1 Å². The van der Waals surface area contributed by atoms with Crippen molar-refractivity contribution >= 4 is 11.9 Å². The molecule has 2 unspecified atom stereocenters. The fourth-order valence-corrected chi connectivity index (χ4v) is 3.33. The van der Waals surface area contributed by atoms with Gasteiger partial charge in [-0.15, -0.1) is 0 Å². The number of amides is 1. The summed E-state index contributed by atoms with van der Waals surface area (Å²) in [5.41, 5.74) is 0.909. The molecule has 0 aromatic carbocycles. The lowest BCUT2D eigenvalue weighted by molar-refractivity contribution is -0.147. The van der Waals surface area contributed by atoms with Gasteiger partial charge in [-0.1, -0.05) is 18.2 Å². The molecule has 2 N–H and O–H groups in total. The lowest BCUT2D eigenvalue weighted by Gasteiger charge is -2.23. The Hall–Kier alpha value is -2.17. The van der Waals surface area contributed by atoms with E-state index in [1.54, 1.807) is 12.4 Å². The molecule has 20 heavy (non-hydrogen) atoms. The van der Waals surface area contributed by atoms with E-state index in [4.69, 9.17) is 0 Å². The Labute approximate surface area is 116 Å². The largest absolute Gasteiger partial charge is 0.481 e. The van der Waals surface area contributed by atoms with Crippen molar-refractivity contribution in [2.75, 3.05) is 0 Å². The van der Waals surface area contributed by atoms with Crippen LogP contribution in [0.3, 0.4) is 0 Å². The van der Waals surface area contributed by atoms with Crippen LogP contribution in [-0.4, -0.2) is 22.0 Å². The maximum atomic E-state index is 12.3. The van der Waals surface area contributed by atoms with Gasteiger partial charge in [0, 0.05) is 18.9 Å². The van der Waals surface area contributed by atoms with E-state index in [1.807, 2.05) is 24.3 Å². The van der Waals surface area contributed by atoms with Crippen LogP contribution < -0.4 is 5.32 Å². The number of carbonyl (C=O) groups is 2. The average molecular weight is 272 g/mol. The molecule has 0 aliphatic heterocycles. The monoisotopic (exact) mass is 272 g/mol. The summed E-state index contributed by atoms with van der Waals surface area (Å²) in [6.45, 7) is 0.386. The van der Waals surface area contributed by atoms with Gasteiger partial charge >= 0.3 is 5.97 Å². The van der Waals surface area contributed by atoms with Crippen molar-refractivity contribution in [3.8, 4) is 0 Å². The first-order chi connectivity index (χ1) is 9.66. The predicted octanol–water partition coefficient (Wildman–Crippen LogP) is 1.22. The van der Waals surface area contributed by atoms with Crippen molar-refractivity contribution in [1.82, 2.24) is 10.3 Å². The van der Waals surface area contributed by atoms with Crippen LogP contribution in [0, 0.1) is 23.7 Å². The van der Waals surface area contributed by atoms with E-state index in [9.17, 15) is 14.7 Å². The fraction of sp³-hybridized carbons (Fsp3) is 0.400. The van der Waals surface area contributed by atoms with Gasteiger partial charge in [-0.2, -0.15) is 0 Å². The number of nitrogens with one attached hydrogen (secondary N) is 1. The maximum Gasteiger partial charge on any atom is 0.307 e. The van der Waals surface area contributed by atoms with Crippen LogP contribution in [0.25, 0.3) is 0 Å². The molecule has 2 aliphatic rings. The number of allylic oxidation sites excluding steroid dienone is 2. The number of aromatic nitrogens is 1. The van der Waals surface area contributed by atoms with Crippen LogP contribution in [0.4, 0.5) is 0 Å². The van der Waals surface area contributed by atoms with Gasteiger partial charge in [-0.25, -0.2) is 0 Å². The summed E-state index contributed by atoms with van der Waals surface area (Å²) < 4.78 is 0. The van der Waals surface area contributed by atoms with E-state index in [1.165, 1.54) is 0 Å². The van der Waals surface area contributed by atoms with Gasteiger partial charge in [0.25, 0.3) is 0 Å². The fourth-order valence-electron chi connectivity index (χ4n) is 3.33. The lowest BCUT2D eigenvalue weighted by atomic mass is 9.82. The molecule has 4 atom stereocenters. The highest BCUT2D eigenvalue weighted by molar-refractivity contribution is 5.86. The number of rotatable bonds is 4. The number of aliphatic carboxylic acids is 1. The van der Waals surface area contributed by atoms with Crippen LogP contribution >= 0.6 is 0 Å². The average Bonchev–Trinajstić information content (AvgIpc) is 3.06. The van der Waals surface area contributed by atoms with Crippen molar-refractivity contribution in [3.63, 3.8) is 0 Å². The standard InChI is InChI=1S/C15H16N2O3/c18-14(17-8-9-2-1-5-16-7-9)12-10-3-4-11(6-10)13(12)15(19)20/h1-5,7,10-13H,6,8H2,(H,17,18)(H,19,20)/t10?,11?,12-,13+/m0/s1. The summed E-state index contributed by atoms with van der Waals surface area (Å²) in [6.07, 6.45) is 8.07. The molecule has 104 valence electrons. The van der Waals surface area contributed by atoms with Crippen molar-refractivity contribution in [1.29, 1.82) is 0 Å². The van der Waals surface area contributed by atoms with Crippen molar-refractivity contribution in [2.24, 2.45) is 23.7 Å². The molecular formula is C15H16N2O3. The summed E-state index contributed by atoms with van der Waals surface area (Å²) in [5, 5.41) is 12.2. The van der Waals surface area contributed by atoms with E-state index < -0.39 is 17.8 Å². The maximum absolute atomic E-state index is 12.3. The molecule has 0 saturated heterocycles. The third kappa shape index (κ3) is 2.19. The molecule has 2 bridgehead atoms. The molecule has 1 heterocycles. The minimum Gasteiger partial charge on any atom is -0.481 e. The molecule has 1 aromatic heterocycles. The minimum absolute atomic E-state index is 0.00615. The molecule has 1 fully saturated rings. The van der Waals surface area contributed by atoms with E-state index >= 15 is 0 Å². The molecule has 2 aliphatic carbocycles. The smallest absolute Gasteiger partial charge is 0.307 e. The highest BCUT2D eigenvalue weighted by atomic mass is 16.4. The molecule has 3 rings (SSSR count). The van der Waals surface area contributed by atoms with Gasteiger partial charge in [0.1, 0.15) is 0 Å². The molecule has 5 heteroatoms. The van der Waals surface area contributed by atoms with Gasteiger partial charge in [-0.05, 0) is 29.9 Å². The zero-order valence-corrected chi connectivity index (χ0v) is 10.9. The first-order valence-electron chi connectivity index (χ1n) is 6.74. The molecule has 1 aromatic rings. The van der Waals surface area contributed by atoms with E-state index in [0.29, 0.717) is 6.54 Å². The van der Waals surface area contributed by atoms with Gasteiger partial charge in [-0.3, -0.25) is 14.6 Å². The van der Waals surface area contributed by atoms with E-state index in [2.05, 4.69) is 10.3 Å². The Morgan fingerprint density at radius 3 is 2.70 bits per heavy atom. The molecule has 0 radical (unpaired) electrons. The van der Waals surface area contributed by atoms with E-state index in [0.717, 1.165) is 12.0 Å². The van der Waals surface area contributed by atoms with Gasteiger partial charge < -0.3 is 10.4 Å². The van der Waals surface area contributed by atoms with Crippen LogP contribution in [0.1, 0.15) is 12.0 Å². The van der Waals surface area contributed by atoms with Crippen LogP contribution in [0.5, 0.6) is 0 Å². The highest BCUT2D eigenvalue weighted by Gasteiger charge is 2.51. The van der Waals surface area contributed by atoms with Gasteiger partial charge in [0.05, 0.1) is 11.8 Å². The first-order valence-corrected chi connectivity index (χ1v) is 6.74. The number of carboxylic acid groups (broad SMARTS) is 1. The zero-order chi connectivity index (χ0) is 14.1. The molecule has 1 saturated carbocycles. The number of nitrogens with zero attached hydrogens (tertiary/aromatic N) is 1. The molecular weight excluding hydrogens is 256 g/mol. The number of carbonyl (C=O) groups excluding carboxylic acids is 1. The number of hydrogen-bond donors (Lipinski definition) is 2. The van der Waals surface area contributed by atoms with E-state index in [-0.39, 0.29) is 17.7 Å². The van der Waals surface area contributed by atoms with Crippen LogP contribution in [0.15, 0.2) is 36.7 Å². The summed E-state index contributed by atoms with van der Waals surface area (Å²) in [7, 11) is 0. The van der Waals surface area contributed by atoms with Gasteiger partial charge in [0.15, 0.2) is 0 Å². The molecule has 5 nitrogen and oxygen atoms in total. The highest BCUT2D eigenvalue weighted by Crippen LogP contribution is 2.48. The quantitative estimate of drug-likeness (QED) is 0.808. The second-order valence-electron chi connectivity index (χ2n) is 5.42. The summed E-state index contributed by atoms with van der Waals surface area (Å²) in [6, 6.07) is 3.68. The Morgan fingerprint density at radius 1 is 1.30 bits per heavy atom. The third-order valence-corrected chi connectivity index (χ3v) is 4.24. The Morgan fingerprint density at radius 2 is 2.05 bits per heavy atom.